The van der Waals surface area contributed by atoms with Gasteiger partial charge in [-0.3, -0.25) is 9.59 Å². The SMILES string of the molecule is CCN(CC)S(=O)(=O)c1ccc2c(c1)nc(CCC(=O)Nc1ccc(N3CCCC3=O)cc1)n2C. The molecule has 2 aromatic carbocycles. The third-order valence-corrected chi connectivity index (χ3v) is 8.45. The zero-order valence-electron chi connectivity index (χ0n) is 20.3. The quantitative estimate of drug-likeness (QED) is 0.488. The summed E-state index contributed by atoms with van der Waals surface area (Å²) in [5.41, 5.74) is 2.91. The molecule has 35 heavy (non-hydrogen) atoms. The molecule has 1 aliphatic heterocycles. The normalized spacial score (nSPS) is 14.3. The molecule has 2 amide bonds. The molecule has 1 fully saturated rings. The number of rotatable bonds is 9. The van der Waals surface area contributed by atoms with Crippen molar-refractivity contribution < 1.29 is 18.0 Å². The van der Waals surface area contributed by atoms with Gasteiger partial charge in [0, 0.05) is 57.3 Å². The van der Waals surface area contributed by atoms with E-state index in [0.29, 0.717) is 43.0 Å². The van der Waals surface area contributed by atoms with Gasteiger partial charge >= 0.3 is 0 Å². The van der Waals surface area contributed by atoms with Crippen molar-refractivity contribution in [2.75, 3.05) is 29.9 Å². The van der Waals surface area contributed by atoms with Crippen LogP contribution in [0, 0.1) is 0 Å². The number of fused-ring (bicyclic) bond motifs is 1. The number of carbonyl (C=O) groups excluding carboxylic acids is 2. The highest BCUT2D eigenvalue weighted by atomic mass is 32.2. The Hall–Kier alpha value is -3.24. The lowest BCUT2D eigenvalue weighted by molar-refractivity contribution is -0.117. The number of nitrogens with zero attached hydrogens (tertiary/aromatic N) is 4. The Morgan fingerprint density at radius 2 is 1.83 bits per heavy atom. The van der Waals surface area contributed by atoms with Gasteiger partial charge in [-0.2, -0.15) is 4.31 Å². The number of hydrogen-bond acceptors (Lipinski definition) is 5. The van der Waals surface area contributed by atoms with Crippen molar-refractivity contribution in [2.45, 2.75) is 44.4 Å². The molecule has 0 spiro atoms. The molecule has 0 saturated carbocycles. The molecular weight excluding hydrogens is 466 g/mol. The van der Waals surface area contributed by atoms with E-state index >= 15 is 0 Å². The van der Waals surface area contributed by atoms with Gasteiger partial charge in [-0.05, 0) is 48.9 Å². The summed E-state index contributed by atoms with van der Waals surface area (Å²) >= 11 is 0. The number of anilines is 2. The molecule has 2 heterocycles. The van der Waals surface area contributed by atoms with Crippen LogP contribution < -0.4 is 10.2 Å². The maximum absolute atomic E-state index is 12.8. The lowest BCUT2D eigenvalue weighted by Gasteiger charge is -2.18. The van der Waals surface area contributed by atoms with Gasteiger partial charge in [0.25, 0.3) is 0 Å². The van der Waals surface area contributed by atoms with Gasteiger partial charge in [0.05, 0.1) is 15.9 Å². The van der Waals surface area contributed by atoms with E-state index in [9.17, 15) is 18.0 Å². The average molecular weight is 498 g/mol. The van der Waals surface area contributed by atoms with Gasteiger partial charge in [-0.15, -0.1) is 0 Å². The molecule has 1 aromatic heterocycles. The summed E-state index contributed by atoms with van der Waals surface area (Å²) < 4.78 is 29.0. The van der Waals surface area contributed by atoms with Crippen LogP contribution >= 0.6 is 0 Å². The summed E-state index contributed by atoms with van der Waals surface area (Å²) in [4.78, 5) is 31.0. The number of carbonyl (C=O) groups is 2. The molecule has 1 aliphatic rings. The number of amides is 2. The second kappa shape index (κ2) is 10.2. The van der Waals surface area contributed by atoms with E-state index in [1.807, 2.05) is 37.6 Å². The lowest BCUT2D eigenvalue weighted by Crippen LogP contribution is -2.30. The Morgan fingerprint density at radius 1 is 1.11 bits per heavy atom. The van der Waals surface area contributed by atoms with Crippen LogP contribution in [-0.2, 0) is 33.1 Å². The number of aryl methyl sites for hydroxylation is 2. The second-order valence-corrected chi connectivity index (χ2v) is 10.5. The fraction of sp³-hybridized carbons (Fsp3) is 0.400. The molecule has 0 atom stereocenters. The highest BCUT2D eigenvalue weighted by Crippen LogP contribution is 2.24. The zero-order valence-corrected chi connectivity index (χ0v) is 21.1. The highest BCUT2D eigenvalue weighted by molar-refractivity contribution is 7.89. The molecule has 10 heteroatoms. The number of benzene rings is 2. The van der Waals surface area contributed by atoms with Crippen molar-refractivity contribution in [1.82, 2.24) is 13.9 Å². The number of imidazole rings is 1. The summed E-state index contributed by atoms with van der Waals surface area (Å²) in [7, 11) is -1.71. The van der Waals surface area contributed by atoms with Gasteiger partial charge in [0.15, 0.2) is 0 Å². The van der Waals surface area contributed by atoms with Gasteiger partial charge < -0.3 is 14.8 Å². The Morgan fingerprint density at radius 3 is 2.46 bits per heavy atom. The lowest BCUT2D eigenvalue weighted by atomic mass is 10.2. The maximum Gasteiger partial charge on any atom is 0.243 e. The van der Waals surface area contributed by atoms with Crippen molar-refractivity contribution in [1.29, 1.82) is 0 Å². The van der Waals surface area contributed by atoms with Crippen LogP contribution in [0.3, 0.4) is 0 Å². The number of sulfonamides is 1. The summed E-state index contributed by atoms with van der Waals surface area (Å²) in [6.45, 7) is 5.15. The average Bonchev–Trinajstić information content (AvgIpc) is 3.41. The Bertz CT molecular complexity index is 1340. The minimum atomic E-state index is -3.57. The van der Waals surface area contributed by atoms with E-state index in [2.05, 4.69) is 10.3 Å². The maximum atomic E-state index is 12.8. The van der Waals surface area contributed by atoms with E-state index in [-0.39, 0.29) is 23.1 Å². The summed E-state index contributed by atoms with van der Waals surface area (Å²) in [5, 5.41) is 2.88. The highest BCUT2D eigenvalue weighted by Gasteiger charge is 2.23. The second-order valence-electron chi connectivity index (χ2n) is 8.57. The summed E-state index contributed by atoms with van der Waals surface area (Å²) in [6, 6.07) is 12.2. The van der Waals surface area contributed by atoms with Crippen LogP contribution in [0.15, 0.2) is 47.4 Å². The van der Waals surface area contributed by atoms with Crippen LogP contribution in [0.1, 0.15) is 38.9 Å². The molecule has 0 unspecified atom stereocenters. The van der Waals surface area contributed by atoms with Gasteiger partial charge in [-0.1, -0.05) is 13.8 Å². The smallest absolute Gasteiger partial charge is 0.243 e. The molecule has 0 aliphatic carbocycles. The molecule has 9 nitrogen and oxygen atoms in total. The van der Waals surface area contributed by atoms with E-state index < -0.39 is 10.0 Å². The summed E-state index contributed by atoms with van der Waals surface area (Å²) in [6.07, 6.45) is 2.09. The van der Waals surface area contributed by atoms with Gasteiger partial charge in [0.2, 0.25) is 21.8 Å². The molecule has 1 N–H and O–H groups in total. The van der Waals surface area contributed by atoms with Crippen molar-refractivity contribution in [2.24, 2.45) is 7.05 Å². The van der Waals surface area contributed by atoms with Crippen molar-refractivity contribution in [3.8, 4) is 0 Å². The monoisotopic (exact) mass is 497 g/mol. The van der Waals surface area contributed by atoms with Crippen molar-refractivity contribution >= 4 is 44.2 Å². The predicted octanol–water partition coefficient (Wildman–Crippen LogP) is 3.30. The van der Waals surface area contributed by atoms with Crippen LogP contribution in [0.25, 0.3) is 11.0 Å². The Labute approximate surface area is 205 Å². The number of hydrogen-bond donors (Lipinski definition) is 1. The largest absolute Gasteiger partial charge is 0.331 e. The first-order valence-corrected chi connectivity index (χ1v) is 13.3. The van der Waals surface area contributed by atoms with E-state index in [1.165, 1.54) is 4.31 Å². The zero-order chi connectivity index (χ0) is 25.2. The van der Waals surface area contributed by atoms with Crippen LogP contribution in [0.5, 0.6) is 0 Å². The number of aromatic nitrogens is 2. The summed E-state index contributed by atoms with van der Waals surface area (Å²) in [5.74, 6) is 0.685. The predicted molar refractivity (Wildman–Crippen MR) is 136 cm³/mol. The Balaban J connectivity index is 1.42. The van der Waals surface area contributed by atoms with Crippen molar-refractivity contribution in [3.63, 3.8) is 0 Å². The first-order chi connectivity index (χ1) is 16.7. The third-order valence-electron chi connectivity index (χ3n) is 6.40. The molecule has 0 bridgehead atoms. The first kappa shape index (κ1) is 24.9. The third kappa shape index (κ3) is 5.08. The topological polar surface area (TPSA) is 105 Å². The van der Waals surface area contributed by atoms with Crippen molar-refractivity contribution in [3.05, 3.63) is 48.3 Å². The fourth-order valence-electron chi connectivity index (χ4n) is 4.42. The molecule has 4 rings (SSSR count). The van der Waals surface area contributed by atoms with Gasteiger partial charge in [-0.25, -0.2) is 13.4 Å². The first-order valence-electron chi connectivity index (χ1n) is 11.9. The molecular formula is C25H31N5O4S. The Kier molecular flexibility index (Phi) is 7.23. The number of nitrogens with one attached hydrogen (secondary N) is 1. The molecule has 1 saturated heterocycles. The molecule has 3 aromatic rings. The standard InChI is InChI=1S/C25H31N5O4S/c1-4-29(5-2)35(33,34)20-12-13-22-21(17-20)27-23(28(22)3)14-15-24(31)26-18-8-10-19(11-9-18)30-16-6-7-25(30)32/h8-13,17H,4-7,14-16H2,1-3H3,(H,26,31). The minimum Gasteiger partial charge on any atom is -0.331 e. The van der Waals surface area contributed by atoms with Crippen LogP contribution in [0.2, 0.25) is 0 Å². The van der Waals surface area contributed by atoms with Gasteiger partial charge in [0.1, 0.15) is 5.82 Å². The minimum absolute atomic E-state index is 0.127. The van der Waals surface area contributed by atoms with E-state index in [0.717, 1.165) is 24.2 Å². The van der Waals surface area contributed by atoms with Crippen LogP contribution in [-0.4, -0.2) is 53.7 Å². The molecule has 186 valence electrons. The van der Waals surface area contributed by atoms with E-state index in [4.69, 9.17) is 0 Å². The molecule has 0 radical (unpaired) electrons. The van der Waals surface area contributed by atoms with E-state index in [1.54, 1.807) is 35.2 Å². The van der Waals surface area contributed by atoms with Crippen LogP contribution in [0.4, 0.5) is 11.4 Å². The fourth-order valence-corrected chi connectivity index (χ4v) is 5.90.